The van der Waals surface area contributed by atoms with Crippen LogP contribution in [0.5, 0.6) is 0 Å². The van der Waals surface area contributed by atoms with E-state index in [0.29, 0.717) is 5.56 Å². The number of benzene rings is 1. The van der Waals surface area contributed by atoms with Crippen LogP contribution in [0.3, 0.4) is 0 Å². The Morgan fingerprint density at radius 2 is 1.73 bits per heavy atom. The quantitative estimate of drug-likeness (QED) is 0.854. The lowest BCUT2D eigenvalue weighted by atomic mass is 10.1. The molecule has 2 heterocycles. The van der Waals surface area contributed by atoms with E-state index in [1.54, 1.807) is 24.5 Å². The normalized spacial score (nSPS) is 14.4. The average Bonchev–Trinajstić information content (AvgIpc) is 2.55. The fraction of sp³-hybridized carbons (Fsp3) is 0.294. The molecule has 1 fully saturated rings. The van der Waals surface area contributed by atoms with E-state index in [9.17, 15) is 4.79 Å². The summed E-state index contributed by atoms with van der Waals surface area (Å²) in [7, 11) is 0. The van der Waals surface area contributed by atoms with Gasteiger partial charge in [-0.1, -0.05) is 12.1 Å². The number of pyridine rings is 1. The van der Waals surface area contributed by atoms with Gasteiger partial charge in [0, 0.05) is 49.8 Å². The van der Waals surface area contributed by atoms with Crippen molar-refractivity contribution in [1.29, 1.82) is 0 Å². The SMILES string of the molecule is Cc1cccc(N2CCN(C(=O)c3ccncc3)CC2)c1.Cl. The van der Waals surface area contributed by atoms with Crippen molar-refractivity contribution in [2.75, 3.05) is 31.1 Å². The third-order valence-corrected chi connectivity index (χ3v) is 3.86. The van der Waals surface area contributed by atoms with Crippen LogP contribution in [0.2, 0.25) is 0 Å². The standard InChI is InChI=1S/C17H19N3O.ClH/c1-14-3-2-4-16(13-14)19-9-11-20(12-10-19)17(21)15-5-7-18-8-6-15;/h2-8,13H,9-12H2,1H3;1H. The number of anilines is 1. The molecule has 5 heteroatoms. The number of aryl methyl sites for hydroxylation is 1. The molecule has 116 valence electrons. The Balaban J connectivity index is 0.00000176. The van der Waals surface area contributed by atoms with Crippen LogP contribution in [-0.4, -0.2) is 42.0 Å². The first kappa shape index (κ1) is 16.3. The third kappa shape index (κ3) is 3.57. The van der Waals surface area contributed by atoms with Crippen molar-refractivity contribution in [2.45, 2.75) is 6.92 Å². The van der Waals surface area contributed by atoms with E-state index >= 15 is 0 Å². The van der Waals surface area contributed by atoms with Crippen LogP contribution in [0.4, 0.5) is 5.69 Å². The van der Waals surface area contributed by atoms with E-state index in [1.165, 1.54) is 11.3 Å². The van der Waals surface area contributed by atoms with Gasteiger partial charge in [-0.3, -0.25) is 9.78 Å². The highest BCUT2D eigenvalue weighted by atomic mass is 35.5. The number of piperazine rings is 1. The number of halogens is 1. The molecular weight excluding hydrogens is 298 g/mol. The molecule has 0 spiro atoms. The van der Waals surface area contributed by atoms with Gasteiger partial charge in [-0.25, -0.2) is 0 Å². The molecule has 0 unspecified atom stereocenters. The summed E-state index contributed by atoms with van der Waals surface area (Å²) in [5, 5.41) is 0. The van der Waals surface area contributed by atoms with Crippen molar-refractivity contribution in [3.8, 4) is 0 Å². The van der Waals surface area contributed by atoms with Crippen LogP contribution in [0.15, 0.2) is 48.8 Å². The van der Waals surface area contributed by atoms with Crippen LogP contribution >= 0.6 is 12.4 Å². The van der Waals surface area contributed by atoms with Crippen LogP contribution in [0.25, 0.3) is 0 Å². The summed E-state index contributed by atoms with van der Waals surface area (Å²) >= 11 is 0. The van der Waals surface area contributed by atoms with Crippen LogP contribution in [-0.2, 0) is 0 Å². The lowest BCUT2D eigenvalue weighted by molar-refractivity contribution is 0.0746. The zero-order chi connectivity index (χ0) is 14.7. The van der Waals surface area contributed by atoms with Crippen LogP contribution in [0, 0.1) is 6.92 Å². The predicted molar refractivity (Wildman–Crippen MR) is 90.8 cm³/mol. The highest BCUT2D eigenvalue weighted by Gasteiger charge is 2.22. The maximum absolute atomic E-state index is 12.4. The van der Waals surface area contributed by atoms with Gasteiger partial charge in [0.15, 0.2) is 0 Å². The average molecular weight is 318 g/mol. The third-order valence-electron chi connectivity index (χ3n) is 3.86. The molecular formula is C17H20ClN3O. The maximum atomic E-state index is 12.4. The largest absolute Gasteiger partial charge is 0.368 e. The number of carbonyl (C=O) groups excluding carboxylic acids is 1. The minimum atomic E-state index is 0. The summed E-state index contributed by atoms with van der Waals surface area (Å²) in [6, 6.07) is 12.1. The van der Waals surface area contributed by atoms with Crippen molar-refractivity contribution < 1.29 is 4.79 Å². The first-order chi connectivity index (χ1) is 10.2. The van der Waals surface area contributed by atoms with Gasteiger partial charge in [0.1, 0.15) is 0 Å². The summed E-state index contributed by atoms with van der Waals surface area (Å²) in [6.45, 7) is 5.37. The van der Waals surface area contributed by atoms with Gasteiger partial charge < -0.3 is 9.80 Å². The molecule has 1 aromatic heterocycles. The van der Waals surface area contributed by atoms with Gasteiger partial charge in [-0.15, -0.1) is 12.4 Å². The van der Waals surface area contributed by atoms with Gasteiger partial charge in [0.2, 0.25) is 0 Å². The fourth-order valence-electron chi connectivity index (χ4n) is 2.67. The number of amides is 1. The molecule has 0 N–H and O–H groups in total. The lowest BCUT2D eigenvalue weighted by Crippen LogP contribution is -2.48. The highest BCUT2D eigenvalue weighted by Crippen LogP contribution is 2.18. The maximum Gasteiger partial charge on any atom is 0.254 e. The van der Waals surface area contributed by atoms with Gasteiger partial charge in [0.25, 0.3) is 5.91 Å². The number of hydrogen-bond acceptors (Lipinski definition) is 3. The monoisotopic (exact) mass is 317 g/mol. The molecule has 0 saturated carbocycles. The Kier molecular flexibility index (Phi) is 5.39. The predicted octanol–water partition coefficient (Wildman–Crippen LogP) is 2.77. The van der Waals surface area contributed by atoms with E-state index in [2.05, 4.69) is 41.1 Å². The Bertz CT molecular complexity index is 625. The van der Waals surface area contributed by atoms with Crippen molar-refractivity contribution in [1.82, 2.24) is 9.88 Å². The summed E-state index contributed by atoms with van der Waals surface area (Å²) in [4.78, 5) is 20.6. The van der Waals surface area contributed by atoms with Crippen molar-refractivity contribution >= 4 is 24.0 Å². The number of hydrogen-bond donors (Lipinski definition) is 0. The Morgan fingerprint density at radius 1 is 1.05 bits per heavy atom. The molecule has 1 aliphatic rings. The fourth-order valence-corrected chi connectivity index (χ4v) is 2.67. The molecule has 1 aromatic carbocycles. The highest BCUT2D eigenvalue weighted by molar-refractivity contribution is 5.94. The molecule has 0 bridgehead atoms. The van der Waals surface area contributed by atoms with E-state index in [1.807, 2.05) is 4.90 Å². The van der Waals surface area contributed by atoms with Gasteiger partial charge in [-0.2, -0.15) is 0 Å². The lowest BCUT2D eigenvalue weighted by Gasteiger charge is -2.36. The van der Waals surface area contributed by atoms with Crippen molar-refractivity contribution in [2.24, 2.45) is 0 Å². The molecule has 0 aliphatic carbocycles. The molecule has 22 heavy (non-hydrogen) atoms. The number of nitrogens with zero attached hydrogens (tertiary/aromatic N) is 3. The van der Waals surface area contributed by atoms with Gasteiger partial charge in [0.05, 0.1) is 0 Å². The number of aromatic nitrogens is 1. The van der Waals surface area contributed by atoms with E-state index in [0.717, 1.165) is 26.2 Å². The van der Waals surface area contributed by atoms with Crippen LogP contribution in [0.1, 0.15) is 15.9 Å². The minimum Gasteiger partial charge on any atom is -0.368 e. The molecule has 0 radical (unpaired) electrons. The topological polar surface area (TPSA) is 36.4 Å². The van der Waals surface area contributed by atoms with E-state index < -0.39 is 0 Å². The molecule has 0 atom stereocenters. The first-order valence-electron chi connectivity index (χ1n) is 7.25. The second kappa shape index (κ2) is 7.27. The summed E-state index contributed by atoms with van der Waals surface area (Å²) in [5.74, 6) is 0.0984. The number of rotatable bonds is 2. The smallest absolute Gasteiger partial charge is 0.254 e. The van der Waals surface area contributed by atoms with Gasteiger partial charge in [-0.05, 0) is 36.8 Å². The molecule has 1 amide bonds. The zero-order valence-electron chi connectivity index (χ0n) is 12.6. The molecule has 4 nitrogen and oxygen atoms in total. The molecule has 1 saturated heterocycles. The zero-order valence-corrected chi connectivity index (χ0v) is 13.4. The molecule has 2 aromatic rings. The van der Waals surface area contributed by atoms with Gasteiger partial charge >= 0.3 is 0 Å². The summed E-state index contributed by atoms with van der Waals surface area (Å²) in [6.07, 6.45) is 3.33. The van der Waals surface area contributed by atoms with Crippen molar-refractivity contribution in [3.63, 3.8) is 0 Å². The van der Waals surface area contributed by atoms with Crippen LogP contribution < -0.4 is 4.90 Å². The summed E-state index contributed by atoms with van der Waals surface area (Å²) in [5.41, 5.74) is 3.22. The second-order valence-electron chi connectivity index (χ2n) is 5.35. The van der Waals surface area contributed by atoms with Crippen molar-refractivity contribution in [3.05, 3.63) is 59.9 Å². The van der Waals surface area contributed by atoms with E-state index in [4.69, 9.17) is 0 Å². The first-order valence-corrected chi connectivity index (χ1v) is 7.25. The minimum absolute atomic E-state index is 0. The molecule has 3 rings (SSSR count). The second-order valence-corrected chi connectivity index (χ2v) is 5.35. The van der Waals surface area contributed by atoms with E-state index in [-0.39, 0.29) is 18.3 Å². The Hall–Kier alpha value is -2.07. The Labute approximate surface area is 137 Å². The molecule has 1 aliphatic heterocycles. The Morgan fingerprint density at radius 3 is 2.36 bits per heavy atom. The number of carbonyl (C=O) groups is 1. The summed E-state index contributed by atoms with van der Waals surface area (Å²) < 4.78 is 0.